The van der Waals surface area contributed by atoms with Gasteiger partial charge in [-0.25, -0.2) is 9.78 Å². The van der Waals surface area contributed by atoms with Gasteiger partial charge in [0.05, 0.1) is 41.2 Å². The van der Waals surface area contributed by atoms with Crippen molar-refractivity contribution in [1.82, 2.24) is 24.6 Å². The summed E-state index contributed by atoms with van der Waals surface area (Å²) in [7, 11) is 1.87. The van der Waals surface area contributed by atoms with Crippen LogP contribution in [0.1, 0.15) is 6.42 Å². The molecule has 158 valence electrons. The summed E-state index contributed by atoms with van der Waals surface area (Å²) in [6.07, 6.45) is 5.85. The van der Waals surface area contributed by atoms with E-state index in [9.17, 15) is 4.79 Å². The number of nitrogens with one attached hydrogen (secondary N) is 1. The molecule has 2 aliphatic rings. The highest BCUT2D eigenvalue weighted by Gasteiger charge is 2.28. The zero-order valence-electron chi connectivity index (χ0n) is 16.7. The van der Waals surface area contributed by atoms with E-state index in [2.05, 4.69) is 20.0 Å². The molecule has 2 saturated heterocycles. The van der Waals surface area contributed by atoms with Crippen molar-refractivity contribution in [3.05, 3.63) is 29.7 Å². The number of H-pyrrole nitrogens is 1. The maximum absolute atomic E-state index is 12.4. The summed E-state index contributed by atoms with van der Waals surface area (Å²) in [6, 6.07) is 1.97. The smallest absolute Gasteiger partial charge is 0.410 e. The maximum atomic E-state index is 12.4. The van der Waals surface area contributed by atoms with Gasteiger partial charge in [0.25, 0.3) is 0 Å². The molecule has 0 radical (unpaired) electrons. The second-order valence-corrected chi connectivity index (χ2v) is 7.99. The van der Waals surface area contributed by atoms with Crippen LogP contribution in [0.25, 0.3) is 22.3 Å². The number of aromatic nitrogens is 4. The lowest BCUT2D eigenvalue weighted by atomic mass is 10.2. The SMILES string of the molecule is Cn1cc(-c2[nH]c3nccc(N4CCN(C(=O)O[C@@H]5CCOC5)CC4)c3c2Cl)cn1. The number of hydrogen-bond acceptors (Lipinski definition) is 6. The summed E-state index contributed by atoms with van der Waals surface area (Å²) < 4.78 is 12.5. The monoisotopic (exact) mass is 430 g/mol. The minimum absolute atomic E-state index is 0.125. The quantitative estimate of drug-likeness (QED) is 0.687. The van der Waals surface area contributed by atoms with Crippen molar-refractivity contribution in [2.45, 2.75) is 12.5 Å². The van der Waals surface area contributed by atoms with Crippen molar-refractivity contribution in [1.29, 1.82) is 0 Å². The highest BCUT2D eigenvalue weighted by molar-refractivity contribution is 6.39. The Bertz CT molecular complexity index is 1070. The molecule has 1 N–H and O–H groups in total. The summed E-state index contributed by atoms with van der Waals surface area (Å²) in [5.74, 6) is 0. The van der Waals surface area contributed by atoms with Gasteiger partial charge in [0, 0.05) is 57.6 Å². The lowest BCUT2D eigenvalue weighted by molar-refractivity contribution is 0.0534. The zero-order valence-corrected chi connectivity index (χ0v) is 17.4. The molecule has 2 aliphatic heterocycles. The number of aromatic amines is 1. The molecule has 2 fully saturated rings. The Morgan fingerprint density at radius 3 is 2.87 bits per heavy atom. The van der Waals surface area contributed by atoms with Crippen LogP contribution >= 0.6 is 11.6 Å². The number of rotatable bonds is 3. The molecule has 3 aromatic heterocycles. The molecule has 5 heterocycles. The Hall–Kier alpha value is -2.78. The predicted molar refractivity (Wildman–Crippen MR) is 113 cm³/mol. The molecule has 1 atom stereocenters. The predicted octanol–water partition coefficient (Wildman–Crippen LogP) is 2.66. The first-order valence-corrected chi connectivity index (χ1v) is 10.4. The van der Waals surface area contributed by atoms with E-state index in [4.69, 9.17) is 21.1 Å². The van der Waals surface area contributed by atoms with Gasteiger partial charge in [-0.05, 0) is 6.07 Å². The van der Waals surface area contributed by atoms with Crippen LogP contribution in [0.4, 0.5) is 10.5 Å². The average Bonchev–Trinajstić information content (AvgIpc) is 3.49. The van der Waals surface area contributed by atoms with Crippen LogP contribution in [-0.2, 0) is 16.5 Å². The first kappa shape index (κ1) is 19.2. The third-order valence-electron chi connectivity index (χ3n) is 5.64. The Balaban J connectivity index is 1.34. The van der Waals surface area contributed by atoms with Gasteiger partial charge in [0.15, 0.2) is 0 Å². The highest BCUT2D eigenvalue weighted by Crippen LogP contribution is 2.39. The van der Waals surface area contributed by atoms with Crippen LogP contribution in [0.15, 0.2) is 24.7 Å². The molecule has 9 nitrogen and oxygen atoms in total. The fourth-order valence-electron chi connectivity index (χ4n) is 4.03. The van der Waals surface area contributed by atoms with E-state index in [0.29, 0.717) is 44.4 Å². The van der Waals surface area contributed by atoms with Crippen LogP contribution in [0.3, 0.4) is 0 Å². The number of fused-ring (bicyclic) bond motifs is 1. The molecular formula is C20H23ClN6O3. The van der Waals surface area contributed by atoms with Crippen LogP contribution in [0, 0.1) is 0 Å². The van der Waals surface area contributed by atoms with E-state index in [1.165, 1.54) is 0 Å². The van der Waals surface area contributed by atoms with Gasteiger partial charge in [0.1, 0.15) is 11.8 Å². The minimum Gasteiger partial charge on any atom is -0.444 e. The Morgan fingerprint density at radius 1 is 1.33 bits per heavy atom. The molecular weight excluding hydrogens is 408 g/mol. The number of halogens is 1. The fourth-order valence-corrected chi connectivity index (χ4v) is 4.37. The third-order valence-corrected chi connectivity index (χ3v) is 6.02. The number of hydrogen-bond donors (Lipinski definition) is 1. The fraction of sp³-hybridized carbons (Fsp3) is 0.450. The van der Waals surface area contributed by atoms with Crippen LogP contribution in [-0.4, -0.2) is 76.2 Å². The maximum Gasteiger partial charge on any atom is 0.410 e. The van der Waals surface area contributed by atoms with E-state index in [1.54, 1.807) is 22.0 Å². The molecule has 0 bridgehead atoms. The molecule has 0 saturated carbocycles. The van der Waals surface area contributed by atoms with E-state index < -0.39 is 0 Å². The summed E-state index contributed by atoms with van der Waals surface area (Å²) in [4.78, 5) is 24.2. The number of nitrogens with zero attached hydrogens (tertiary/aromatic N) is 5. The van der Waals surface area contributed by atoms with Gasteiger partial charge < -0.3 is 24.3 Å². The van der Waals surface area contributed by atoms with Crippen molar-refractivity contribution in [3.63, 3.8) is 0 Å². The summed E-state index contributed by atoms with van der Waals surface area (Å²) in [5, 5.41) is 5.74. The summed E-state index contributed by atoms with van der Waals surface area (Å²) >= 11 is 6.77. The number of pyridine rings is 1. The van der Waals surface area contributed by atoms with E-state index in [-0.39, 0.29) is 12.2 Å². The molecule has 0 aromatic carbocycles. The average molecular weight is 431 g/mol. The highest BCUT2D eigenvalue weighted by atomic mass is 35.5. The van der Waals surface area contributed by atoms with Crippen molar-refractivity contribution in [2.75, 3.05) is 44.3 Å². The molecule has 1 amide bonds. The van der Waals surface area contributed by atoms with Crippen molar-refractivity contribution in [3.8, 4) is 11.3 Å². The van der Waals surface area contributed by atoms with Gasteiger partial charge in [-0.3, -0.25) is 4.68 Å². The van der Waals surface area contributed by atoms with Crippen LogP contribution in [0.2, 0.25) is 5.02 Å². The normalized spacial score (nSPS) is 19.6. The van der Waals surface area contributed by atoms with Gasteiger partial charge in [0.2, 0.25) is 0 Å². The van der Waals surface area contributed by atoms with E-state index >= 15 is 0 Å². The number of ether oxygens (including phenoxy) is 2. The lowest BCUT2D eigenvalue weighted by Crippen LogP contribution is -2.49. The van der Waals surface area contributed by atoms with Gasteiger partial charge in [-0.1, -0.05) is 11.6 Å². The molecule has 10 heteroatoms. The number of carbonyl (C=O) groups is 1. The van der Waals surface area contributed by atoms with E-state index in [0.717, 1.165) is 34.4 Å². The van der Waals surface area contributed by atoms with Crippen molar-refractivity contribution < 1.29 is 14.3 Å². The minimum atomic E-state index is -0.261. The van der Waals surface area contributed by atoms with Crippen molar-refractivity contribution >= 4 is 34.4 Å². The summed E-state index contributed by atoms with van der Waals surface area (Å²) in [6.45, 7) is 3.72. The van der Waals surface area contributed by atoms with Crippen LogP contribution in [0.5, 0.6) is 0 Å². The zero-order chi connectivity index (χ0) is 20.7. The number of anilines is 1. The number of aryl methyl sites for hydroxylation is 1. The number of carbonyl (C=O) groups excluding carboxylic acids is 1. The Labute approximate surface area is 178 Å². The first-order valence-electron chi connectivity index (χ1n) is 10.0. The molecule has 0 unspecified atom stereocenters. The summed E-state index contributed by atoms with van der Waals surface area (Å²) in [5.41, 5.74) is 3.46. The molecule has 3 aromatic rings. The second kappa shape index (κ2) is 7.81. The number of amides is 1. The first-order chi connectivity index (χ1) is 14.6. The van der Waals surface area contributed by atoms with Gasteiger partial charge >= 0.3 is 6.09 Å². The molecule has 30 heavy (non-hydrogen) atoms. The van der Waals surface area contributed by atoms with Crippen molar-refractivity contribution in [2.24, 2.45) is 7.05 Å². The molecule has 5 rings (SSSR count). The molecule has 0 spiro atoms. The topological polar surface area (TPSA) is 88.5 Å². The second-order valence-electron chi connectivity index (χ2n) is 7.61. The van der Waals surface area contributed by atoms with Gasteiger partial charge in [-0.15, -0.1) is 0 Å². The largest absolute Gasteiger partial charge is 0.444 e. The lowest BCUT2D eigenvalue weighted by Gasteiger charge is -2.36. The third kappa shape index (κ3) is 3.48. The Morgan fingerprint density at radius 2 is 2.17 bits per heavy atom. The van der Waals surface area contributed by atoms with Crippen LogP contribution < -0.4 is 4.90 Å². The standard InChI is InChI=1S/C20H23ClN6O3/c1-25-11-13(10-23-25)18-17(21)16-15(2-4-22-19(16)24-18)26-5-7-27(8-6-26)20(28)30-14-3-9-29-12-14/h2,4,10-11,14H,3,5-9,12H2,1H3,(H,22,24)/t14-/m1/s1. The van der Waals surface area contributed by atoms with E-state index in [1.807, 2.05) is 19.3 Å². The molecule has 0 aliphatic carbocycles. The van der Waals surface area contributed by atoms with Gasteiger partial charge in [-0.2, -0.15) is 5.10 Å². The Kier molecular flexibility index (Phi) is 5.00. The number of piperazine rings is 1.